The number of hydrogen-bond donors (Lipinski definition) is 1. The predicted molar refractivity (Wildman–Crippen MR) is 90.2 cm³/mol. The van der Waals surface area contributed by atoms with E-state index < -0.39 is 0 Å². The van der Waals surface area contributed by atoms with Gasteiger partial charge in [0.1, 0.15) is 17.4 Å². The van der Waals surface area contributed by atoms with Crippen molar-refractivity contribution in [2.24, 2.45) is 0 Å². The van der Waals surface area contributed by atoms with Crippen LogP contribution in [0.2, 0.25) is 0 Å². The fourth-order valence-electron chi connectivity index (χ4n) is 1.86. The van der Waals surface area contributed by atoms with Gasteiger partial charge in [-0.1, -0.05) is 6.92 Å². The smallest absolute Gasteiger partial charge is 0.123 e. The Morgan fingerprint density at radius 2 is 1.95 bits per heavy atom. The molecule has 0 saturated carbocycles. The van der Waals surface area contributed by atoms with Crippen LogP contribution in [0.25, 0.3) is 10.6 Å². The maximum Gasteiger partial charge on any atom is 0.123 e. The van der Waals surface area contributed by atoms with Gasteiger partial charge in [-0.3, -0.25) is 0 Å². The second-order valence-electron chi connectivity index (χ2n) is 5.83. The van der Waals surface area contributed by atoms with Crippen molar-refractivity contribution in [3.8, 4) is 16.3 Å². The molecule has 114 valence electrons. The second kappa shape index (κ2) is 7.05. The number of rotatable bonds is 7. The normalized spacial score (nSPS) is 11.6. The Morgan fingerprint density at radius 1 is 1.24 bits per heavy atom. The van der Waals surface area contributed by atoms with Gasteiger partial charge in [0.05, 0.1) is 0 Å². The van der Waals surface area contributed by atoms with Crippen molar-refractivity contribution in [2.75, 3.05) is 13.2 Å². The Kier molecular flexibility index (Phi) is 5.37. The van der Waals surface area contributed by atoms with Gasteiger partial charge in [0, 0.05) is 28.7 Å². The highest BCUT2D eigenvalue weighted by atomic mass is 32.1. The number of aryl methyl sites for hydroxylation is 1. The molecule has 2 rings (SSSR count). The lowest BCUT2D eigenvalue weighted by atomic mass is 10.0. The summed E-state index contributed by atoms with van der Waals surface area (Å²) in [6, 6.07) is 8.15. The van der Waals surface area contributed by atoms with Crippen LogP contribution in [-0.4, -0.2) is 23.7 Å². The predicted octanol–water partition coefficient (Wildman–Crippen LogP) is 4.28. The maximum atomic E-state index is 5.76. The highest BCUT2D eigenvalue weighted by Crippen LogP contribution is 2.25. The summed E-state index contributed by atoms with van der Waals surface area (Å²) in [5, 5.41) is 6.62. The molecule has 0 radical (unpaired) electrons. The molecule has 0 aliphatic heterocycles. The molecule has 0 bridgehead atoms. The minimum atomic E-state index is 0.177. The average molecular weight is 304 g/mol. The minimum Gasteiger partial charge on any atom is -0.492 e. The molecular weight excluding hydrogens is 280 g/mol. The van der Waals surface area contributed by atoms with E-state index in [2.05, 4.69) is 48.6 Å². The standard InChI is InChI=1S/C17H24N2OS/c1-5-17(3,4)18-10-11-20-15-8-6-14(7-9-15)16-19-13(2)12-21-16/h6-9,12,18H,5,10-11H2,1-4H3. The molecule has 0 saturated heterocycles. The van der Waals surface area contributed by atoms with Gasteiger partial charge in [-0.2, -0.15) is 0 Å². The average Bonchev–Trinajstić information content (AvgIpc) is 2.91. The molecule has 0 unspecified atom stereocenters. The van der Waals surface area contributed by atoms with Crippen molar-refractivity contribution in [2.45, 2.75) is 39.7 Å². The van der Waals surface area contributed by atoms with E-state index in [4.69, 9.17) is 4.74 Å². The molecule has 1 N–H and O–H groups in total. The first kappa shape index (κ1) is 16.0. The monoisotopic (exact) mass is 304 g/mol. The summed E-state index contributed by atoms with van der Waals surface area (Å²) in [4.78, 5) is 4.49. The van der Waals surface area contributed by atoms with Gasteiger partial charge in [-0.05, 0) is 51.5 Å². The Bertz CT molecular complexity index is 560. The number of ether oxygens (including phenoxy) is 1. The molecule has 0 aliphatic rings. The topological polar surface area (TPSA) is 34.1 Å². The molecule has 1 heterocycles. The van der Waals surface area contributed by atoms with Crippen LogP contribution in [0, 0.1) is 6.92 Å². The number of hydrogen-bond acceptors (Lipinski definition) is 4. The summed E-state index contributed by atoms with van der Waals surface area (Å²) in [5.41, 5.74) is 2.39. The molecule has 0 atom stereocenters. The van der Waals surface area contributed by atoms with Crippen molar-refractivity contribution in [3.63, 3.8) is 0 Å². The van der Waals surface area contributed by atoms with E-state index in [0.717, 1.165) is 35.0 Å². The van der Waals surface area contributed by atoms with Gasteiger partial charge in [0.25, 0.3) is 0 Å². The molecule has 4 heteroatoms. The third-order valence-corrected chi connectivity index (χ3v) is 4.59. The fraction of sp³-hybridized carbons (Fsp3) is 0.471. The quantitative estimate of drug-likeness (QED) is 0.775. The Balaban J connectivity index is 1.83. The number of nitrogens with one attached hydrogen (secondary N) is 1. The summed E-state index contributed by atoms with van der Waals surface area (Å²) >= 11 is 1.67. The van der Waals surface area contributed by atoms with Crippen LogP contribution in [-0.2, 0) is 0 Å². The SMILES string of the molecule is CCC(C)(C)NCCOc1ccc(-c2nc(C)cs2)cc1. The zero-order valence-electron chi connectivity index (χ0n) is 13.3. The molecule has 0 aliphatic carbocycles. The molecule has 0 spiro atoms. The van der Waals surface area contributed by atoms with Crippen LogP contribution in [0.5, 0.6) is 5.75 Å². The van der Waals surface area contributed by atoms with Crippen molar-refractivity contribution in [1.82, 2.24) is 10.3 Å². The molecule has 1 aromatic heterocycles. The van der Waals surface area contributed by atoms with Crippen LogP contribution in [0.4, 0.5) is 0 Å². The highest BCUT2D eigenvalue weighted by molar-refractivity contribution is 7.13. The van der Waals surface area contributed by atoms with E-state index in [1.807, 2.05) is 19.1 Å². The Labute approximate surface area is 131 Å². The van der Waals surface area contributed by atoms with Gasteiger partial charge >= 0.3 is 0 Å². The minimum absolute atomic E-state index is 0.177. The van der Waals surface area contributed by atoms with Gasteiger partial charge in [-0.15, -0.1) is 11.3 Å². The van der Waals surface area contributed by atoms with Crippen molar-refractivity contribution in [3.05, 3.63) is 35.3 Å². The van der Waals surface area contributed by atoms with Crippen LogP contribution >= 0.6 is 11.3 Å². The molecule has 0 fully saturated rings. The summed E-state index contributed by atoms with van der Waals surface area (Å²) in [5.74, 6) is 0.906. The number of thiazole rings is 1. The lowest BCUT2D eigenvalue weighted by molar-refractivity contribution is 0.281. The number of aromatic nitrogens is 1. The molecular formula is C17H24N2OS. The third kappa shape index (κ3) is 4.83. The van der Waals surface area contributed by atoms with E-state index in [-0.39, 0.29) is 5.54 Å². The second-order valence-corrected chi connectivity index (χ2v) is 6.69. The molecule has 1 aromatic carbocycles. The van der Waals surface area contributed by atoms with E-state index in [1.54, 1.807) is 11.3 Å². The molecule has 0 amide bonds. The number of benzene rings is 1. The zero-order valence-corrected chi connectivity index (χ0v) is 14.1. The summed E-state index contributed by atoms with van der Waals surface area (Å²) < 4.78 is 5.76. The largest absolute Gasteiger partial charge is 0.492 e. The summed E-state index contributed by atoms with van der Waals surface area (Å²) in [6.07, 6.45) is 1.11. The fourth-order valence-corrected chi connectivity index (χ4v) is 2.67. The van der Waals surface area contributed by atoms with E-state index >= 15 is 0 Å². The molecule has 3 nitrogen and oxygen atoms in total. The Hall–Kier alpha value is -1.39. The van der Waals surface area contributed by atoms with Gasteiger partial charge < -0.3 is 10.1 Å². The van der Waals surface area contributed by atoms with E-state index in [9.17, 15) is 0 Å². The van der Waals surface area contributed by atoms with Gasteiger partial charge in [-0.25, -0.2) is 4.98 Å². The first-order valence-electron chi connectivity index (χ1n) is 7.40. The maximum absolute atomic E-state index is 5.76. The van der Waals surface area contributed by atoms with Crippen molar-refractivity contribution < 1.29 is 4.74 Å². The van der Waals surface area contributed by atoms with Crippen molar-refractivity contribution in [1.29, 1.82) is 0 Å². The van der Waals surface area contributed by atoms with Gasteiger partial charge in [0.2, 0.25) is 0 Å². The molecule has 21 heavy (non-hydrogen) atoms. The van der Waals surface area contributed by atoms with E-state index in [0.29, 0.717) is 6.61 Å². The Morgan fingerprint density at radius 3 is 2.52 bits per heavy atom. The van der Waals surface area contributed by atoms with Crippen LogP contribution in [0.15, 0.2) is 29.6 Å². The van der Waals surface area contributed by atoms with Crippen molar-refractivity contribution >= 4 is 11.3 Å². The lowest BCUT2D eigenvalue weighted by Gasteiger charge is -2.24. The molecule has 2 aromatic rings. The number of nitrogens with zero attached hydrogens (tertiary/aromatic N) is 1. The summed E-state index contributed by atoms with van der Waals surface area (Å²) in [6.45, 7) is 10.2. The first-order valence-corrected chi connectivity index (χ1v) is 8.28. The van der Waals surface area contributed by atoms with E-state index in [1.165, 1.54) is 0 Å². The zero-order chi connectivity index (χ0) is 15.3. The van der Waals surface area contributed by atoms with Crippen LogP contribution < -0.4 is 10.1 Å². The van der Waals surface area contributed by atoms with Crippen LogP contribution in [0.1, 0.15) is 32.9 Å². The lowest BCUT2D eigenvalue weighted by Crippen LogP contribution is -2.40. The summed E-state index contributed by atoms with van der Waals surface area (Å²) in [7, 11) is 0. The van der Waals surface area contributed by atoms with Gasteiger partial charge in [0.15, 0.2) is 0 Å². The first-order chi connectivity index (χ1) is 10.00. The highest BCUT2D eigenvalue weighted by Gasteiger charge is 2.12. The third-order valence-electron chi connectivity index (χ3n) is 3.58. The van der Waals surface area contributed by atoms with Crippen LogP contribution in [0.3, 0.4) is 0 Å².